The number of methoxy groups -OCH3 is 1. The molecule has 0 spiro atoms. The summed E-state index contributed by atoms with van der Waals surface area (Å²) in [4.78, 5) is 15.9. The predicted octanol–water partition coefficient (Wildman–Crippen LogP) is 0.912. The molecular formula is C11H20N4O2. The van der Waals surface area contributed by atoms with E-state index in [9.17, 15) is 4.79 Å². The summed E-state index contributed by atoms with van der Waals surface area (Å²) in [7, 11) is 1.62. The Labute approximate surface area is 101 Å². The van der Waals surface area contributed by atoms with Crippen LogP contribution in [0.4, 0.5) is 0 Å². The maximum Gasteiger partial charge on any atom is 0.291 e. The summed E-state index contributed by atoms with van der Waals surface area (Å²) in [5.41, 5.74) is 0. The van der Waals surface area contributed by atoms with Crippen molar-refractivity contribution in [2.24, 2.45) is 0 Å². The molecule has 17 heavy (non-hydrogen) atoms. The minimum Gasteiger partial charge on any atom is -0.383 e. The first kappa shape index (κ1) is 13.6. The van der Waals surface area contributed by atoms with Crippen molar-refractivity contribution in [3.63, 3.8) is 0 Å². The Morgan fingerprint density at radius 2 is 2.29 bits per heavy atom. The van der Waals surface area contributed by atoms with Crippen molar-refractivity contribution in [2.75, 3.05) is 13.7 Å². The van der Waals surface area contributed by atoms with Crippen LogP contribution in [0.5, 0.6) is 0 Å². The van der Waals surface area contributed by atoms with E-state index in [2.05, 4.69) is 27.4 Å². The van der Waals surface area contributed by atoms with Gasteiger partial charge in [-0.25, -0.2) is 4.98 Å². The molecule has 1 aromatic rings. The van der Waals surface area contributed by atoms with Crippen LogP contribution in [0.3, 0.4) is 0 Å². The van der Waals surface area contributed by atoms with Crippen molar-refractivity contribution in [2.45, 2.75) is 39.2 Å². The number of carbonyl (C=O) groups excluding carboxylic acids is 1. The van der Waals surface area contributed by atoms with Crippen LogP contribution < -0.4 is 5.32 Å². The first-order valence-electron chi connectivity index (χ1n) is 5.92. The lowest BCUT2D eigenvalue weighted by molar-refractivity contribution is 0.0881. The fraction of sp³-hybridized carbons (Fsp3) is 0.727. The molecular weight excluding hydrogens is 220 g/mol. The molecule has 1 rings (SSSR count). The average molecular weight is 240 g/mol. The maximum atomic E-state index is 11.8. The summed E-state index contributed by atoms with van der Waals surface area (Å²) >= 11 is 0. The predicted molar refractivity (Wildman–Crippen MR) is 63.8 cm³/mol. The van der Waals surface area contributed by atoms with Gasteiger partial charge in [0.25, 0.3) is 5.91 Å². The standard InChI is InChI=1S/C11H20N4O2/c1-4-6-8(7-17-3)12-11(16)10-13-9(5-2)14-15-10/h8H,4-7H2,1-3H3,(H,12,16)(H,13,14,15). The molecule has 0 saturated carbocycles. The lowest BCUT2D eigenvalue weighted by Gasteiger charge is -2.15. The van der Waals surface area contributed by atoms with E-state index < -0.39 is 0 Å². The number of ether oxygens (including phenoxy) is 1. The summed E-state index contributed by atoms with van der Waals surface area (Å²) in [5, 5.41) is 9.46. The average Bonchev–Trinajstić information content (AvgIpc) is 2.78. The van der Waals surface area contributed by atoms with Crippen LogP contribution in [-0.4, -0.2) is 40.8 Å². The minimum absolute atomic E-state index is 0.0149. The van der Waals surface area contributed by atoms with Gasteiger partial charge in [0.05, 0.1) is 12.6 Å². The first-order valence-corrected chi connectivity index (χ1v) is 5.92. The van der Waals surface area contributed by atoms with Gasteiger partial charge < -0.3 is 10.1 Å². The van der Waals surface area contributed by atoms with E-state index in [-0.39, 0.29) is 17.8 Å². The van der Waals surface area contributed by atoms with E-state index in [4.69, 9.17) is 4.74 Å². The molecule has 0 fully saturated rings. The van der Waals surface area contributed by atoms with Gasteiger partial charge in [-0.2, -0.15) is 0 Å². The second kappa shape index (κ2) is 7.01. The van der Waals surface area contributed by atoms with E-state index in [0.29, 0.717) is 12.4 Å². The normalized spacial score (nSPS) is 12.4. The van der Waals surface area contributed by atoms with Crippen LogP contribution in [-0.2, 0) is 11.2 Å². The van der Waals surface area contributed by atoms with Crippen LogP contribution in [0.25, 0.3) is 0 Å². The van der Waals surface area contributed by atoms with Gasteiger partial charge >= 0.3 is 0 Å². The summed E-state index contributed by atoms with van der Waals surface area (Å²) in [6.45, 7) is 4.52. The highest BCUT2D eigenvalue weighted by Gasteiger charge is 2.16. The van der Waals surface area contributed by atoms with Gasteiger partial charge in [-0.05, 0) is 6.42 Å². The topological polar surface area (TPSA) is 79.9 Å². The Balaban J connectivity index is 2.56. The number of H-pyrrole nitrogens is 1. The van der Waals surface area contributed by atoms with Gasteiger partial charge in [0, 0.05) is 13.5 Å². The molecule has 6 nitrogen and oxygen atoms in total. The van der Waals surface area contributed by atoms with Crippen LogP contribution >= 0.6 is 0 Å². The lowest BCUT2D eigenvalue weighted by Crippen LogP contribution is -2.38. The SMILES string of the molecule is CCCC(COC)NC(=O)c1n[nH]c(CC)n1. The number of aromatic amines is 1. The van der Waals surface area contributed by atoms with Gasteiger partial charge in [-0.15, -0.1) is 5.10 Å². The fourth-order valence-corrected chi connectivity index (χ4v) is 1.55. The molecule has 1 amide bonds. The number of rotatable bonds is 7. The molecule has 0 aliphatic carbocycles. The van der Waals surface area contributed by atoms with Crippen molar-refractivity contribution >= 4 is 5.91 Å². The number of aromatic nitrogens is 3. The van der Waals surface area contributed by atoms with Crippen molar-refractivity contribution in [3.05, 3.63) is 11.6 Å². The first-order chi connectivity index (χ1) is 8.21. The Kier molecular flexibility index (Phi) is 5.62. The van der Waals surface area contributed by atoms with Crippen LogP contribution in [0.1, 0.15) is 43.1 Å². The van der Waals surface area contributed by atoms with Gasteiger partial charge in [0.1, 0.15) is 5.82 Å². The molecule has 6 heteroatoms. The molecule has 0 radical (unpaired) electrons. The van der Waals surface area contributed by atoms with Crippen molar-refractivity contribution < 1.29 is 9.53 Å². The molecule has 0 aromatic carbocycles. The van der Waals surface area contributed by atoms with E-state index in [0.717, 1.165) is 19.3 Å². The highest BCUT2D eigenvalue weighted by molar-refractivity contribution is 5.90. The fourth-order valence-electron chi connectivity index (χ4n) is 1.55. The van der Waals surface area contributed by atoms with E-state index in [1.165, 1.54) is 0 Å². The second-order valence-corrected chi connectivity index (χ2v) is 3.87. The highest BCUT2D eigenvalue weighted by Crippen LogP contribution is 2.00. The molecule has 1 unspecified atom stereocenters. The van der Waals surface area contributed by atoms with Gasteiger partial charge in [0.2, 0.25) is 5.82 Å². The summed E-state index contributed by atoms with van der Waals surface area (Å²) in [5.74, 6) is 0.657. The van der Waals surface area contributed by atoms with Crippen molar-refractivity contribution in [3.8, 4) is 0 Å². The van der Waals surface area contributed by atoms with Crippen molar-refractivity contribution in [1.29, 1.82) is 0 Å². The van der Waals surface area contributed by atoms with Gasteiger partial charge in [-0.3, -0.25) is 9.89 Å². The third-order valence-electron chi connectivity index (χ3n) is 2.41. The van der Waals surface area contributed by atoms with E-state index in [1.54, 1.807) is 7.11 Å². The number of nitrogens with one attached hydrogen (secondary N) is 2. The minimum atomic E-state index is -0.253. The third kappa shape index (κ3) is 4.14. The number of carbonyl (C=O) groups is 1. The van der Waals surface area contributed by atoms with E-state index >= 15 is 0 Å². The van der Waals surface area contributed by atoms with Gasteiger partial charge in [-0.1, -0.05) is 20.3 Å². The zero-order chi connectivity index (χ0) is 12.7. The Bertz CT molecular complexity index is 345. The molecule has 2 N–H and O–H groups in total. The Hall–Kier alpha value is -1.43. The van der Waals surface area contributed by atoms with E-state index in [1.807, 2.05) is 6.92 Å². The summed E-state index contributed by atoms with van der Waals surface area (Å²) in [6, 6.07) is 0.0149. The number of hydrogen-bond donors (Lipinski definition) is 2. The monoisotopic (exact) mass is 240 g/mol. The van der Waals surface area contributed by atoms with Gasteiger partial charge in [0.15, 0.2) is 0 Å². The largest absolute Gasteiger partial charge is 0.383 e. The number of aryl methyl sites for hydroxylation is 1. The van der Waals surface area contributed by atoms with Crippen molar-refractivity contribution in [1.82, 2.24) is 20.5 Å². The summed E-state index contributed by atoms with van der Waals surface area (Å²) < 4.78 is 5.06. The molecule has 0 aliphatic rings. The lowest BCUT2D eigenvalue weighted by atomic mass is 10.2. The second-order valence-electron chi connectivity index (χ2n) is 3.87. The molecule has 0 bridgehead atoms. The molecule has 1 heterocycles. The number of nitrogens with zero attached hydrogens (tertiary/aromatic N) is 2. The molecule has 0 aliphatic heterocycles. The third-order valence-corrected chi connectivity index (χ3v) is 2.41. The number of hydrogen-bond acceptors (Lipinski definition) is 4. The number of amides is 1. The quantitative estimate of drug-likeness (QED) is 0.742. The highest BCUT2D eigenvalue weighted by atomic mass is 16.5. The van der Waals surface area contributed by atoms with Crippen LogP contribution in [0.15, 0.2) is 0 Å². The zero-order valence-electron chi connectivity index (χ0n) is 10.6. The smallest absolute Gasteiger partial charge is 0.291 e. The van der Waals surface area contributed by atoms with Crippen LogP contribution in [0.2, 0.25) is 0 Å². The molecule has 1 atom stereocenters. The molecule has 96 valence electrons. The molecule has 1 aromatic heterocycles. The zero-order valence-corrected chi connectivity index (χ0v) is 10.6. The van der Waals surface area contributed by atoms with Crippen LogP contribution in [0, 0.1) is 0 Å². The Morgan fingerprint density at radius 3 is 2.82 bits per heavy atom. The maximum absolute atomic E-state index is 11.8. The Morgan fingerprint density at radius 1 is 1.53 bits per heavy atom. The summed E-state index contributed by atoms with van der Waals surface area (Å²) in [6.07, 6.45) is 2.60. The molecule has 0 saturated heterocycles.